The highest BCUT2D eigenvalue weighted by Gasteiger charge is 2.34. The third-order valence-electron chi connectivity index (χ3n) is 3.23. The summed E-state index contributed by atoms with van der Waals surface area (Å²) in [6, 6.07) is 0. The van der Waals surface area contributed by atoms with Crippen LogP contribution in [0.4, 0.5) is 0 Å². The minimum absolute atomic E-state index is 0.160. The van der Waals surface area contributed by atoms with Crippen molar-refractivity contribution in [2.24, 2.45) is 0 Å². The van der Waals surface area contributed by atoms with Crippen molar-refractivity contribution >= 4 is 10.0 Å². The average molecular weight is 283 g/mol. The molecule has 2 aromatic rings. The summed E-state index contributed by atoms with van der Waals surface area (Å²) in [4.78, 5) is 0.160. The van der Waals surface area contributed by atoms with Crippen LogP contribution in [0.25, 0.3) is 0 Å². The Morgan fingerprint density at radius 2 is 2.11 bits per heavy atom. The van der Waals surface area contributed by atoms with E-state index in [0.717, 1.165) is 11.3 Å². The van der Waals surface area contributed by atoms with Crippen LogP contribution in [0.1, 0.15) is 22.8 Å². The van der Waals surface area contributed by atoms with E-state index < -0.39 is 10.0 Å². The molecule has 7 nitrogen and oxygen atoms in total. The smallest absolute Gasteiger partial charge is 0.248 e. The van der Waals surface area contributed by atoms with Crippen molar-refractivity contribution in [3.8, 4) is 0 Å². The summed E-state index contributed by atoms with van der Waals surface area (Å²) >= 11 is 0. The number of sulfonamides is 1. The van der Waals surface area contributed by atoms with Crippen LogP contribution in [0, 0.1) is 13.8 Å². The summed E-state index contributed by atoms with van der Waals surface area (Å²) in [5, 5.41) is 7.39. The fourth-order valence-electron chi connectivity index (χ4n) is 2.29. The lowest BCUT2D eigenvalue weighted by Gasteiger charge is -2.24. The van der Waals surface area contributed by atoms with Crippen LogP contribution >= 0.6 is 0 Å². The van der Waals surface area contributed by atoms with Crippen molar-refractivity contribution in [2.75, 3.05) is 6.54 Å². The molecule has 0 atom stereocenters. The molecule has 0 aliphatic carbocycles. The van der Waals surface area contributed by atoms with Gasteiger partial charge in [0.05, 0.1) is 6.20 Å². The number of rotatable bonds is 2. The molecule has 0 fully saturated rings. The first kappa shape index (κ1) is 12.4. The zero-order chi connectivity index (χ0) is 13.6. The van der Waals surface area contributed by atoms with Gasteiger partial charge in [0.15, 0.2) is 5.76 Å². The van der Waals surface area contributed by atoms with Gasteiger partial charge in [0.1, 0.15) is 16.3 Å². The molecule has 0 bridgehead atoms. The van der Waals surface area contributed by atoms with Crippen molar-refractivity contribution in [1.82, 2.24) is 14.6 Å². The van der Waals surface area contributed by atoms with Crippen LogP contribution in [0.15, 0.2) is 20.1 Å². The highest BCUT2D eigenvalue weighted by atomic mass is 32.2. The van der Waals surface area contributed by atoms with Gasteiger partial charge in [-0.1, -0.05) is 10.3 Å². The summed E-state index contributed by atoms with van der Waals surface area (Å²) in [5.74, 6) is 1.07. The molecule has 0 unspecified atom stereocenters. The predicted molar refractivity (Wildman–Crippen MR) is 63.8 cm³/mol. The van der Waals surface area contributed by atoms with Gasteiger partial charge in [-0.25, -0.2) is 8.42 Å². The van der Waals surface area contributed by atoms with E-state index in [4.69, 9.17) is 9.05 Å². The molecule has 102 valence electrons. The molecule has 0 N–H and O–H groups in total. The average Bonchev–Trinajstić information content (AvgIpc) is 2.95. The quantitative estimate of drug-likeness (QED) is 0.817. The van der Waals surface area contributed by atoms with Crippen molar-refractivity contribution in [3.63, 3.8) is 0 Å². The van der Waals surface area contributed by atoms with Crippen LogP contribution in [0.2, 0.25) is 0 Å². The second kappa shape index (κ2) is 4.17. The summed E-state index contributed by atoms with van der Waals surface area (Å²) in [7, 11) is -3.59. The first-order chi connectivity index (χ1) is 9.00. The van der Waals surface area contributed by atoms with Gasteiger partial charge in [0.2, 0.25) is 10.0 Å². The molecule has 3 heterocycles. The van der Waals surface area contributed by atoms with E-state index in [1.165, 1.54) is 4.31 Å². The molecule has 0 amide bonds. The van der Waals surface area contributed by atoms with Crippen LogP contribution in [-0.4, -0.2) is 29.6 Å². The Kier molecular flexibility index (Phi) is 2.72. The highest BCUT2D eigenvalue weighted by Crippen LogP contribution is 2.28. The lowest BCUT2D eigenvalue weighted by Crippen LogP contribution is -2.35. The molecule has 1 aliphatic rings. The van der Waals surface area contributed by atoms with Crippen LogP contribution in [0.5, 0.6) is 0 Å². The fourth-order valence-corrected chi connectivity index (χ4v) is 4.00. The van der Waals surface area contributed by atoms with Crippen molar-refractivity contribution in [1.29, 1.82) is 0 Å². The van der Waals surface area contributed by atoms with E-state index in [2.05, 4.69) is 10.3 Å². The van der Waals surface area contributed by atoms with E-state index in [1.807, 2.05) is 0 Å². The molecule has 19 heavy (non-hydrogen) atoms. The van der Waals surface area contributed by atoms with Gasteiger partial charge in [-0.2, -0.15) is 4.31 Å². The monoisotopic (exact) mass is 283 g/mol. The topological polar surface area (TPSA) is 89.4 Å². The number of nitrogens with zero attached hydrogens (tertiary/aromatic N) is 3. The highest BCUT2D eigenvalue weighted by molar-refractivity contribution is 7.89. The third-order valence-corrected chi connectivity index (χ3v) is 5.32. The Balaban J connectivity index is 1.99. The molecular weight excluding hydrogens is 270 g/mol. The van der Waals surface area contributed by atoms with E-state index in [1.54, 1.807) is 20.0 Å². The minimum Gasteiger partial charge on any atom is -0.361 e. The number of hydrogen-bond donors (Lipinski definition) is 0. The first-order valence-corrected chi connectivity index (χ1v) is 7.29. The molecule has 0 saturated carbocycles. The van der Waals surface area contributed by atoms with Gasteiger partial charge in [0, 0.05) is 25.1 Å². The van der Waals surface area contributed by atoms with Crippen LogP contribution < -0.4 is 0 Å². The maximum Gasteiger partial charge on any atom is 0.248 e. The SMILES string of the molecule is Cc1noc(C)c1S(=O)(=O)N1CCc2oncc2C1. The standard InChI is InChI=1S/C11H13N3O4S/c1-7-11(8(2)17-13-7)19(15,16)14-4-3-10-9(6-14)5-12-18-10/h5H,3-4,6H2,1-2H3. The first-order valence-electron chi connectivity index (χ1n) is 5.85. The minimum atomic E-state index is -3.59. The largest absolute Gasteiger partial charge is 0.361 e. The molecule has 0 spiro atoms. The van der Waals surface area contributed by atoms with Gasteiger partial charge < -0.3 is 9.05 Å². The summed E-state index contributed by atoms with van der Waals surface area (Å²) < 4.78 is 36.6. The maximum absolute atomic E-state index is 12.6. The van der Waals surface area contributed by atoms with E-state index in [9.17, 15) is 8.42 Å². The number of aryl methyl sites for hydroxylation is 2. The molecular formula is C11H13N3O4S. The third kappa shape index (κ3) is 1.87. The number of fused-ring (bicyclic) bond motifs is 1. The Morgan fingerprint density at radius 3 is 2.79 bits per heavy atom. The van der Waals surface area contributed by atoms with E-state index >= 15 is 0 Å². The zero-order valence-corrected chi connectivity index (χ0v) is 11.4. The van der Waals surface area contributed by atoms with Crippen molar-refractivity contribution in [2.45, 2.75) is 31.7 Å². The van der Waals surface area contributed by atoms with E-state index in [0.29, 0.717) is 24.4 Å². The lowest BCUT2D eigenvalue weighted by molar-refractivity contribution is 0.330. The zero-order valence-electron chi connectivity index (χ0n) is 10.6. The van der Waals surface area contributed by atoms with Crippen LogP contribution in [0.3, 0.4) is 0 Å². The Morgan fingerprint density at radius 1 is 1.32 bits per heavy atom. The second-order valence-electron chi connectivity index (χ2n) is 4.52. The van der Waals surface area contributed by atoms with Gasteiger partial charge in [-0.3, -0.25) is 0 Å². The van der Waals surface area contributed by atoms with Gasteiger partial charge in [-0.15, -0.1) is 0 Å². The van der Waals surface area contributed by atoms with Gasteiger partial charge >= 0.3 is 0 Å². The Hall–Kier alpha value is -1.67. The molecule has 2 aromatic heterocycles. The second-order valence-corrected chi connectivity index (χ2v) is 6.39. The van der Waals surface area contributed by atoms with Gasteiger partial charge in [-0.05, 0) is 13.8 Å². The molecule has 8 heteroatoms. The summed E-state index contributed by atoms with van der Waals surface area (Å²) in [5.41, 5.74) is 1.19. The molecule has 0 radical (unpaired) electrons. The Labute approximate surface area is 110 Å². The molecule has 0 saturated heterocycles. The molecule has 0 aromatic carbocycles. The Bertz CT molecular complexity index is 697. The number of hydrogen-bond acceptors (Lipinski definition) is 6. The van der Waals surface area contributed by atoms with E-state index in [-0.39, 0.29) is 11.4 Å². The fraction of sp³-hybridized carbons (Fsp3) is 0.455. The normalized spacial score (nSPS) is 16.5. The summed E-state index contributed by atoms with van der Waals surface area (Å²) in [6.45, 7) is 3.86. The lowest BCUT2D eigenvalue weighted by atomic mass is 10.1. The van der Waals surface area contributed by atoms with Crippen molar-refractivity contribution < 1.29 is 17.5 Å². The van der Waals surface area contributed by atoms with Crippen molar-refractivity contribution in [3.05, 3.63) is 29.0 Å². The van der Waals surface area contributed by atoms with Gasteiger partial charge in [0.25, 0.3) is 0 Å². The van der Waals surface area contributed by atoms with Crippen LogP contribution in [-0.2, 0) is 23.0 Å². The maximum atomic E-state index is 12.6. The number of aromatic nitrogens is 2. The molecule has 1 aliphatic heterocycles. The molecule has 3 rings (SSSR count). The predicted octanol–water partition coefficient (Wildman–Crippen LogP) is 1.03. The summed E-state index contributed by atoms with van der Waals surface area (Å²) in [6.07, 6.45) is 2.09.